The molecular weight excluding hydrogens is 262 g/mol. The Bertz CT molecular complexity index is 652. The van der Waals surface area contributed by atoms with Crippen molar-refractivity contribution in [3.8, 4) is 5.75 Å². The zero-order valence-corrected chi connectivity index (χ0v) is 12.4. The zero-order valence-electron chi connectivity index (χ0n) is 12.4. The van der Waals surface area contributed by atoms with Gasteiger partial charge in [-0.15, -0.1) is 0 Å². The van der Waals surface area contributed by atoms with Crippen molar-refractivity contribution in [1.29, 1.82) is 0 Å². The molecule has 1 aliphatic rings. The lowest BCUT2D eigenvalue weighted by Crippen LogP contribution is -2.31. The molecule has 0 saturated carbocycles. The number of hydrogen-bond donors (Lipinski definition) is 0. The van der Waals surface area contributed by atoms with Gasteiger partial charge < -0.3 is 9.64 Å². The van der Waals surface area contributed by atoms with Crippen LogP contribution in [0.25, 0.3) is 0 Å². The van der Waals surface area contributed by atoms with Gasteiger partial charge in [-0.2, -0.15) is 0 Å². The number of carbonyl (C=O) groups is 1. The summed E-state index contributed by atoms with van der Waals surface area (Å²) < 4.78 is 5.95. The molecule has 0 fully saturated rings. The lowest BCUT2D eigenvalue weighted by atomic mass is 10.1. The highest BCUT2D eigenvalue weighted by Crippen LogP contribution is 2.33. The summed E-state index contributed by atoms with van der Waals surface area (Å²) in [7, 11) is 1.81. The fourth-order valence-electron chi connectivity index (χ4n) is 2.74. The molecule has 3 nitrogen and oxygen atoms in total. The first-order chi connectivity index (χ1) is 10.1. The summed E-state index contributed by atoms with van der Waals surface area (Å²) in [6.07, 6.45) is 1.16. The lowest BCUT2D eigenvalue weighted by molar-refractivity contribution is -0.119. The van der Waals surface area contributed by atoms with Gasteiger partial charge in [0.25, 0.3) is 0 Å². The van der Waals surface area contributed by atoms with E-state index in [0.29, 0.717) is 6.42 Å². The largest absolute Gasteiger partial charge is 0.489 e. The molecule has 3 heteroatoms. The maximum atomic E-state index is 12.4. The van der Waals surface area contributed by atoms with Gasteiger partial charge in [-0.3, -0.25) is 4.79 Å². The van der Waals surface area contributed by atoms with Gasteiger partial charge in [0.2, 0.25) is 5.91 Å². The molecule has 1 aliphatic heterocycles. The summed E-state index contributed by atoms with van der Waals surface area (Å²) in [6, 6.07) is 15.8. The van der Waals surface area contributed by atoms with E-state index in [0.717, 1.165) is 23.4 Å². The van der Waals surface area contributed by atoms with Crippen molar-refractivity contribution in [1.82, 2.24) is 0 Å². The maximum Gasteiger partial charge on any atom is 0.230 e. The number of hydrogen-bond acceptors (Lipinski definition) is 2. The van der Waals surface area contributed by atoms with Crippen molar-refractivity contribution in [2.75, 3.05) is 11.9 Å². The van der Waals surface area contributed by atoms with Crippen LogP contribution in [0.2, 0.25) is 0 Å². The quantitative estimate of drug-likeness (QED) is 0.863. The average molecular weight is 281 g/mol. The maximum absolute atomic E-state index is 12.4. The van der Waals surface area contributed by atoms with E-state index in [2.05, 4.69) is 6.07 Å². The highest BCUT2D eigenvalue weighted by Gasteiger charge is 2.27. The van der Waals surface area contributed by atoms with Crippen molar-refractivity contribution >= 4 is 11.6 Å². The third-order valence-electron chi connectivity index (χ3n) is 3.95. The van der Waals surface area contributed by atoms with E-state index in [1.807, 2.05) is 56.4 Å². The summed E-state index contributed by atoms with van der Waals surface area (Å²) in [5.74, 6) is 1.04. The van der Waals surface area contributed by atoms with Gasteiger partial charge in [-0.1, -0.05) is 36.4 Å². The van der Waals surface area contributed by atoms with Crippen LogP contribution >= 0.6 is 0 Å². The molecule has 108 valence electrons. The van der Waals surface area contributed by atoms with Crippen LogP contribution in [0.15, 0.2) is 48.5 Å². The number of nitrogens with zero attached hydrogens (tertiary/aromatic N) is 1. The van der Waals surface area contributed by atoms with E-state index in [-0.39, 0.29) is 12.0 Å². The summed E-state index contributed by atoms with van der Waals surface area (Å²) in [6.45, 7) is 2.04. The fraction of sp³-hybridized carbons (Fsp3) is 0.278. The molecule has 0 aromatic heterocycles. The molecule has 0 unspecified atom stereocenters. The third kappa shape index (κ3) is 2.77. The number of anilines is 1. The van der Waals surface area contributed by atoms with Gasteiger partial charge >= 0.3 is 0 Å². The van der Waals surface area contributed by atoms with E-state index in [4.69, 9.17) is 4.74 Å². The molecule has 0 radical (unpaired) electrons. The van der Waals surface area contributed by atoms with Crippen LogP contribution in [-0.2, 0) is 11.2 Å². The molecule has 1 amide bonds. The second-order valence-electron chi connectivity index (χ2n) is 5.50. The van der Waals surface area contributed by atoms with Crippen LogP contribution in [0.3, 0.4) is 0 Å². The van der Waals surface area contributed by atoms with Crippen molar-refractivity contribution in [2.24, 2.45) is 0 Å². The SMILES string of the molecule is Cc1cccc2c1O[C@@H](CC(=O)N(C)c1ccccc1)C2. The van der Waals surface area contributed by atoms with Crippen LogP contribution in [-0.4, -0.2) is 19.1 Å². The second kappa shape index (κ2) is 5.60. The molecule has 21 heavy (non-hydrogen) atoms. The minimum Gasteiger partial charge on any atom is -0.489 e. The summed E-state index contributed by atoms with van der Waals surface area (Å²) >= 11 is 0. The van der Waals surface area contributed by atoms with E-state index in [1.54, 1.807) is 4.90 Å². The van der Waals surface area contributed by atoms with Gasteiger partial charge in [0.05, 0.1) is 6.42 Å². The van der Waals surface area contributed by atoms with Crippen molar-refractivity contribution < 1.29 is 9.53 Å². The Morgan fingerprint density at radius 2 is 1.95 bits per heavy atom. The minimum atomic E-state index is -0.0558. The highest BCUT2D eigenvalue weighted by molar-refractivity contribution is 5.93. The number of carbonyl (C=O) groups excluding carboxylic acids is 1. The van der Waals surface area contributed by atoms with Gasteiger partial charge in [-0.05, 0) is 30.2 Å². The Morgan fingerprint density at radius 3 is 2.67 bits per heavy atom. The van der Waals surface area contributed by atoms with Gasteiger partial charge in [0.15, 0.2) is 0 Å². The highest BCUT2D eigenvalue weighted by atomic mass is 16.5. The van der Waals surface area contributed by atoms with E-state index in [9.17, 15) is 4.79 Å². The first kappa shape index (κ1) is 13.7. The Hall–Kier alpha value is -2.29. The standard InChI is InChI=1S/C18H19NO2/c1-13-7-6-8-14-11-16(21-18(13)14)12-17(20)19(2)15-9-4-3-5-10-15/h3-10,16H,11-12H2,1-2H3/t16-/m1/s1. The Kier molecular flexibility index (Phi) is 3.65. The van der Waals surface area contributed by atoms with E-state index >= 15 is 0 Å². The van der Waals surface area contributed by atoms with Crippen molar-refractivity contribution in [3.63, 3.8) is 0 Å². The molecular formula is C18H19NO2. The number of ether oxygens (including phenoxy) is 1. The summed E-state index contributed by atoms with van der Waals surface area (Å²) in [4.78, 5) is 14.1. The lowest BCUT2D eigenvalue weighted by Gasteiger charge is -2.19. The number of fused-ring (bicyclic) bond motifs is 1. The van der Waals surface area contributed by atoms with Crippen molar-refractivity contribution in [3.05, 3.63) is 59.7 Å². The normalized spacial score (nSPS) is 16.2. The van der Waals surface area contributed by atoms with Gasteiger partial charge in [0, 0.05) is 19.2 Å². The van der Waals surface area contributed by atoms with Crippen LogP contribution in [0.1, 0.15) is 17.5 Å². The molecule has 0 spiro atoms. The average Bonchev–Trinajstić information content (AvgIpc) is 2.91. The predicted molar refractivity (Wildman–Crippen MR) is 83.8 cm³/mol. The molecule has 0 bridgehead atoms. The van der Waals surface area contributed by atoms with Crippen LogP contribution in [0.5, 0.6) is 5.75 Å². The first-order valence-corrected chi connectivity index (χ1v) is 7.22. The number of benzene rings is 2. The summed E-state index contributed by atoms with van der Waals surface area (Å²) in [5.41, 5.74) is 3.25. The number of rotatable bonds is 3. The monoisotopic (exact) mass is 281 g/mol. The third-order valence-corrected chi connectivity index (χ3v) is 3.95. The number of aryl methyl sites for hydroxylation is 1. The molecule has 2 aromatic carbocycles. The van der Waals surface area contributed by atoms with Gasteiger partial charge in [-0.25, -0.2) is 0 Å². The Balaban J connectivity index is 1.66. The van der Waals surface area contributed by atoms with Crippen LogP contribution < -0.4 is 9.64 Å². The number of amides is 1. The van der Waals surface area contributed by atoms with E-state index < -0.39 is 0 Å². The van der Waals surface area contributed by atoms with Crippen LogP contribution in [0.4, 0.5) is 5.69 Å². The van der Waals surface area contributed by atoms with Gasteiger partial charge in [0.1, 0.15) is 11.9 Å². The summed E-state index contributed by atoms with van der Waals surface area (Å²) in [5, 5.41) is 0. The van der Waals surface area contributed by atoms with Crippen molar-refractivity contribution in [2.45, 2.75) is 25.9 Å². The molecule has 1 atom stereocenters. The Labute approximate surface area is 125 Å². The molecule has 0 aliphatic carbocycles. The predicted octanol–water partition coefficient (Wildman–Crippen LogP) is 3.35. The first-order valence-electron chi connectivity index (χ1n) is 7.22. The molecule has 0 saturated heterocycles. The smallest absolute Gasteiger partial charge is 0.230 e. The van der Waals surface area contributed by atoms with E-state index in [1.165, 1.54) is 5.56 Å². The number of para-hydroxylation sites is 2. The molecule has 3 rings (SSSR count). The topological polar surface area (TPSA) is 29.5 Å². The molecule has 2 aromatic rings. The molecule has 1 heterocycles. The minimum absolute atomic E-state index is 0.0558. The Morgan fingerprint density at radius 1 is 1.19 bits per heavy atom. The van der Waals surface area contributed by atoms with Crippen LogP contribution in [0, 0.1) is 6.92 Å². The fourth-order valence-corrected chi connectivity index (χ4v) is 2.74. The second-order valence-corrected chi connectivity index (χ2v) is 5.50. The zero-order chi connectivity index (χ0) is 14.8. The molecule has 0 N–H and O–H groups in total.